The Morgan fingerprint density at radius 1 is 1.14 bits per heavy atom. The first-order valence-corrected chi connectivity index (χ1v) is 6.74. The molecule has 0 radical (unpaired) electrons. The topological polar surface area (TPSA) is 62.0 Å². The second-order valence-electron chi connectivity index (χ2n) is 4.99. The maximum atomic E-state index is 13.3. The molecule has 0 spiro atoms. The SMILES string of the molecule is Cc1ccccc1NC(=O)C(=O)c1c[nH]c2ccc(F)cc12. The van der Waals surface area contributed by atoms with Gasteiger partial charge in [-0.1, -0.05) is 18.2 Å². The average Bonchev–Trinajstić information content (AvgIpc) is 2.91. The van der Waals surface area contributed by atoms with Crippen LogP contribution in [0.3, 0.4) is 0 Å². The lowest BCUT2D eigenvalue weighted by Crippen LogP contribution is -2.23. The maximum Gasteiger partial charge on any atom is 0.296 e. The van der Waals surface area contributed by atoms with Crippen LogP contribution in [0.4, 0.5) is 10.1 Å². The molecule has 2 N–H and O–H groups in total. The number of ketones is 1. The number of nitrogens with one attached hydrogen (secondary N) is 2. The van der Waals surface area contributed by atoms with Crippen LogP contribution in [-0.2, 0) is 4.79 Å². The highest BCUT2D eigenvalue weighted by atomic mass is 19.1. The van der Waals surface area contributed by atoms with Crippen LogP contribution < -0.4 is 5.32 Å². The fraction of sp³-hybridized carbons (Fsp3) is 0.0588. The number of halogens is 1. The Hall–Kier alpha value is -2.95. The monoisotopic (exact) mass is 296 g/mol. The van der Waals surface area contributed by atoms with Gasteiger partial charge < -0.3 is 10.3 Å². The van der Waals surface area contributed by atoms with Crippen molar-refractivity contribution in [2.24, 2.45) is 0 Å². The number of carbonyl (C=O) groups is 2. The minimum atomic E-state index is -0.750. The summed E-state index contributed by atoms with van der Waals surface area (Å²) in [6.45, 7) is 1.83. The molecule has 0 aliphatic rings. The van der Waals surface area contributed by atoms with Gasteiger partial charge >= 0.3 is 0 Å². The molecule has 3 aromatic rings. The Kier molecular flexibility index (Phi) is 3.47. The summed E-state index contributed by atoms with van der Waals surface area (Å²) in [5.74, 6) is -1.92. The summed E-state index contributed by atoms with van der Waals surface area (Å²) in [5, 5.41) is 2.97. The minimum absolute atomic E-state index is 0.153. The van der Waals surface area contributed by atoms with Gasteiger partial charge in [0, 0.05) is 22.8 Å². The number of benzene rings is 2. The van der Waals surface area contributed by atoms with Gasteiger partial charge in [0.25, 0.3) is 11.7 Å². The molecule has 0 unspecified atom stereocenters. The number of fused-ring (bicyclic) bond motifs is 1. The van der Waals surface area contributed by atoms with Crippen LogP contribution >= 0.6 is 0 Å². The van der Waals surface area contributed by atoms with Crippen molar-refractivity contribution in [3.63, 3.8) is 0 Å². The number of aryl methyl sites for hydroxylation is 1. The van der Waals surface area contributed by atoms with E-state index in [0.717, 1.165) is 5.56 Å². The number of carbonyl (C=O) groups excluding carboxylic acids is 2. The summed E-state index contributed by atoms with van der Waals surface area (Å²) >= 11 is 0. The molecule has 1 amide bonds. The third-order valence-corrected chi connectivity index (χ3v) is 3.49. The third-order valence-electron chi connectivity index (χ3n) is 3.49. The molecule has 5 heteroatoms. The molecule has 0 bridgehead atoms. The first-order valence-electron chi connectivity index (χ1n) is 6.74. The Bertz CT molecular complexity index is 883. The van der Waals surface area contributed by atoms with E-state index in [2.05, 4.69) is 10.3 Å². The van der Waals surface area contributed by atoms with E-state index in [1.54, 1.807) is 12.1 Å². The Morgan fingerprint density at radius 3 is 2.68 bits per heavy atom. The summed E-state index contributed by atoms with van der Waals surface area (Å²) in [4.78, 5) is 27.3. The van der Waals surface area contributed by atoms with Gasteiger partial charge in [-0.05, 0) is 36.8 Å². The fourth-order valence-corrected chi connectivity index (χ4v) is 2.30. The number of hydrogen-bond donors (Lipinski definition) is 2. The smallest absolute Gasteiger partial charge is 0.296 e. The van der Waals surface area contributed by atoms with Crippen LogP contribution in [0, 0.1) is 12.7 Å². The molecule has 4 nitrogen and oxygen atoms in total. The first kappa shape index (κ1) is 14.0. The van der Waals surface area contributed by atoms with Gasteiger partial charge in [0.15, 0.2) is 0 Å². The summed E-state index contributed by atoms with van der Waals surface area (Å²) in [6, 6.07) is 11.2. The lowest BCUT2D eigenvalue weighted by atomic mass is 10.1. The zero-order valence-corrected chi connectivity index (χ0v) is 11.8. The van der Waals surface area contributed by atoms with Gasteiger partial charge in [-0.25, -0.2) is 4.39 Å². The van der Waals surface area contributed by atoms with E-state index in [0.29, 0.717) is 16.6 Å². The van der Waals surface area contributed by atoms with E-state index >= 15 is 0 Å². The number of rotatable bonds is 3. The van der Waals surface area contributed by atoms with Crippen molar-refractivity contribution in [2.45, 2.75) is 6.92 Å². The van der Waals surface area contributed by atoms with Crippen molar-refractivity contribution in [3.8, 4) is 0 Å². The molecule has 110 valence electrons. The standard InChI is InChI=1S/C17H13FN2O2/c1-10-4-2-3-5-14(10)20-17(22)16(21)13-9-19-15-7-6-11(18)8-12(13)15/h2-9,19H,1H3,(H,20,22). The van der Waals surface area contributed by atoms with E-state index in [1.165, 1.54) is 24.4 Å². The van der Waals surface area contributed by atoms with E-state index < -0.39 is 17.5 Å². The summed E-state index contributed by atoms with van der Waals surface area (Å²) < 4.78 is 13.3. The summed E-state index contributed by atoms with van der Waals surface area (Å²) in [6.07, 6.45) is 1.42. The van der Waals surface area contributed by atoms with Crippen molar-refractivity contribution >= 4 is 28.3 Å². The van der Waals surface area contributed by atoms with Crippen molar-refractivity contribution in [1.82, 2.24) is 4.98 Å². The predicted octanol–water partition coefficient (Wildman–Crippen LogP) is 3.44. The largest absolute Gasteiger partial charge is 0.360 e. The van der Waals surface area contributed by atoms with E-state index in [1.807, 2.05) is 19.1 Å². The number of Topliss-reactive ketones (excluding diaryl/α,β-unsaturated/α-hetero) is 1. The maximum absolute atomic E-state index is 13.3. The van der Waals surface area contributed by atoms with Crippen LogP contribution in [0.25, 0.3) is 10.9 Å². The van der Waals surface area contributed by atoms with E-state index in [-0.39, 0.29) is 5.56 Å². The van der Waals surface area contributed by atoms with Crippen LogP contribution in [0.1, 0.15) is 15.9 Å². The van der Waals surface area contributed by atoms with Crippen molar-refractivity contribution < 1.29 is 14.0 Å². The lowest BCUT2D eigenvalue weighted by Gasteiger charge is -2.06. The molecule has 0 saturated heterocycles. The Balaban J connectivity index is 1.91. The number of aromatic nitrogens is 1. The van der Waals surface area contributed by atoms with Gasteiger partial charge in [-0.15, -0.1) is 0 Å². The Morgan fingerprint density at radius 2 is 1.91 bits per heavy atom. The third kappa shape index (κ3) is 2.48. The normalized spacial score (nSPS) is 10.6. The Labute approximate surface area is 126 Å². The second-order valence-corrected chi connectivity index (χ2v) is 4.99. The van der Waals surface area contributed by atoms with Crippen LogP contribution in [0.2, 0.25) is 0 Å². The molecule has 3 rings (SSSR count). The predicted molar refractivity (Wildman–Crippen MR) is 82.4 cm³/mol. The molecule has 22 heavy (non-hydrogen) atoms. The van der Waals surface area contributed by atoms with Crippen LogP contribution in [0.15, 0.2) is 48.7 Å². The lowest BCUT2D eigenvalue weighted by molar-refractivity contribution is -0.112. The number of aromatic amines is 1. The molecular weight excluding hydrogens is 283 g/mol. The van der Waals surface area contributed by atoms with Crippen molar-refractivity contribution in [2.75, 3.05) is 5.32 Å². The number of H-pyrrole nitrogens is 1. The van der Waals surface area contributed by atoms with E-state index in [9.17, 15) is 14.0 Å². The highest BCUT2D eigenvalue weighted by Gasteiger charge is 2.20. The zero-order chi connectivity index (χ0) is 15.7. The number of para-hydroxylation sites is 1. The molecule has 2 aromatic carbocycles. The van der Waals surface area contributed by atoms with E-state index in [4.69, 9.17) is 0 Å². The molecule has 0 atom stereocenters. The number of amides is 1. The summed E-state index contributed by atoms with van der Waals surface area (Å²) in [7, 11) is 0. The first-order chi connectivity index (χ1) is 10.6. The quantitative estimate of drug-likeness (QED) is 0.574. The number of hydrogen-bond acceptors (Lipinski definition) is 2. The van der Waals surface area contributed by atoms with Crippen LogP contribution in [-0.4, -0.2) is 16.7 Å². The fourth-order valence-electron chi connectivity index (χ4n) is 2.30. The van der Waals surface area contributed by atoms with Gasteiger partial charge in [-0.3, -0.25) is 9.59 Å². The summed E-state index contributed by atoms with van der Waals surface area (Å²) in [5.41, 5.74) is 2.19. The molecule has 0 saturated carbocycles. The highest BCUT2D eigenvalue weighted by Crippen LogP contribution is 2.21. The highest BCUT2D eigenvalue weighted by molar-refractivity contribution is 6.48. The van der Waals surface area contributed by atoms with Crippen molar-refractivity contribution in [3.05, 3.63) is 65.6 Å². The minimum Gasteiger partial charge on any atom is -0.360 e. The molecule has 1 aromatic heterocycles. The molecular formula is C17H13FN2O2. The van der Waals surface area contributed by atoms with Gasteiger partial charge in [0.05, 0.1) is 5.56 Å². The number of anilines is 1. The van der Waals surface area contributed by atoms with Crippen LogP contribution in [0.5, 0.6) is 0 Å². The second kappa shape index (κ2) is 5.44. The molecule has 0 fully saturated rings. The molecule has 1 heterocycles. The van der Waals surface area contributed by atoms with Gasteiger partial charge in [0.2, 0.25) is 0 Å². The molecule has 0 aliphatic carbocycles. The van der Waals surface area contributed by atoms with Gasteiger partial charge in [-0.2, -0.15) is 0 Å². The average molecular weight is 296 g/mol. The molecule has 0 aliphatic heterocycles. The van der Waals surface area contributed by atoms with Gasteiger partial charge in [0.1, 0.15) is 5.82 Å². The zero-order valence-electron chi connectivity index (χ0n) is 11.8. The van der Waals surface area contributed by atoms with Crippen molar-refractivity contribution in [1.29, 1.82) is 0 Å².